The summed E-state index contributed by atoms with van der Waals surface area (Å²) in [5.41, 5.74) is 5.66. The van der Waals surface area contributed by atoms with Crippen LogP contribution in [0.4, 0.5) is 0 Å². The van der Waals surface area contributed by atoms with Crippen molar-refractivity contribution in [3.63, 3.8) is 0 Å². The highest BCUT2D eigenvalue weighted by Gasteiger charge is 2.30. The van der Waals surface area contributed by atoms with E-state index in [1.165, 1.54) is 18.9 Å². The Morgan fingerprint density at radius 1 is 1.45 bits per heavy atom. The average Bonchev–Trinajstić information content (AvgIpc) is 2.93. The Kier molecular flexibility index (Phi) is 4.35. The van der Waals surface area contributed by atoms with Gasteiger partial charge in [-0.05, 0) is 29.5 Å². The maximum atomic E-state index is 11.5. The van der Waals surface area contributed by atoms with Crippen molar-refractivity contribution in [1.29, 1.82) is 0 Å². The highest BCUT2D eigenvalue weighted by molar-refractivity contribution is 7.99. The molecular formula is C12H15N5O2S. The van der Waals surface area contributed by atoms with Crippen molar-refractivity contribution in [2.75, 3.05) is 12.9 Å². The fourth-order valence-electron chi connectivity index (χ4n) is 1.51. The van der Waals surface area contributed by atoms with E-state index in [4.69, 9.17) is 5.73 Å². The fraction of sp³-hybridized carbons (Fsp3) is 0.333. The summed E-state index contributed by atoms with van der Waals surface area (Å²) >= 11 is 1.30. The molecule has 0 amide bonds. The maximum Gasteiger partial charge on any atom is 0.326 e. The number of ether oxygens (including phenoxy) is 1. The smallest absolute Gasteiger partial charge is 0.326 e. The second kappa shape index (κ2) is 6.02. The Balaban J connectivity index is 2.13. The number of thioether (sulfide) groups is 1. The molecule has 0 radical (unpaired) electrons. The van der Waals surface area contributed by atoms with Crippen LogP contribution in [-0.2, 0) is 9.53 Å². The molecule has 1 aromatic carbocycles. The van der Waals surface area contributed by atoms with Crippen LogP contribution < -0.4 is 5.73 Å². The third-order valence-corrected chi connectivity index (χ3v) is 3.85. The molecule has 0 fully saturated rings. The van der Waals surface area contributed by atoms with Gasteiger partial charge in [0.1, 0.15) is 5.54 Å². The minimum Gasteiger partial charge on any atom is -0.468 e. The minimum absolute atomic E-state index is 0.312. The van der Waals surface area contributed by atoms with Gasteiger partial charge in [0.2, 0.25) is 5.16 Å². The number of methoxy groups -OCH3 is 1. The molecule has 0 aliphatic rings. The molecule has 8 heteroatoms. The van der Waals surface area contributed by atoms with Gasteiger partial charge in [-0.1, -0.05) is 30.0 Å². The molecule has 0 aliphatic carbocycles. The summed E-state index contributed by atoms with van der Waals surface area (Å²) in [6.07, 6.45) is 0. The lowest BCUT2D eigenvalue weighted by Crippen LogP contribution is -2.48. The van der Waals surface area contributed by atoms with Crippen molar-refractivity contribution in [2.24, 2.45) is 5.73 Å². The Bertz CT molecular complexity index is 585. The molecule has 0 aliphatic heterocycles. The van der Waals surface area contributed by atoms with Crippen LogP contribution in [0.25, 0.3) is 5.69 Å². The summed E-state index contributed by atoms with van der Waals surface area (Å²) in [6.45, 7) is 1.61. The van der Waals surface area contributed by atoms with E-state index in [2.05, 4.69) is 20.3 Å². The van der Waals surface area contributed by atoms with Crippen LogP contribution in [0, 0.1) is 0 Å². The monoisotopic (exact) mass is 293 g/mol. The summed E-state index contributed by atoms with van der Waals surface area (Å²) in [6, 6.07) is 9.49. The molecule has 0 spiro atoms. The summed E-state index contributed by atoms with van der Waals surface area (Å²) in [4.78, 5) is 11.5. The Labute approximate surface area is 120 Å². The highest BCUT2D eigenvalue weighted by atomic mass is 32.2. The molecule has 2 rings (SSSR count). The minimum atomic E-state index is -1.09. The number of tetrazole rings is 1. The van der Waals surface area contributed by atoms with E-state index in [9.17, 15) is 4.79 Å². The summed E-state index contributed by atoms with van der Waals surface area (Å²) in [5, 5.41) is 12.1. The van der Waals surface area contributed by atoms with Crippen LogP contribution in [-0.4, -0.2) is 44.6 Å². The normalized spacial score (nSPS) is 13.8. The summed E-state index contributed by atoms with van der Waals surface area (Å²) in [5.74, 6) is -0.156. The molecule has 1 unspecified atom stereocenters. The predicted molar refractivity (Wildman–Crippen MR) is 74.5 cm³/mol. The van der Waals surface area contributed by atoms with Crippen LogP contribution in [0.3, 0.4) is 0 Å². The first kappa shape index (κ1) is 14.5. The number of hydrogen-bond acceptors (Lipinski definition) is 7. The topological polar surface area (TPSA) is 95.9 Å². The van der Waals surface area contributed by atoms with Crippen LogP contribution in [0.1, 0.15) is 6.92 Å². The zero-order chi connectivity index (χ0) is 14.6. The first-order valence-electron chi connectivity index (χ1n) is 5.88. The van der Waals surface area contributed by atoms with E-state index in [1.807, 2.05) is 30.3 Å². The molecule has 20 heavy (non-hydrogen) atoms. The Morgan fingerprint density at radius 3 is 2.80 bits per heavy atom. The lowest BCUT2D eigenvalue weighted by atomic mass is 10.1. The molecule has 1 aromatic heterocycles. The van der Waals surface area contributed by atoms with Crippen molar-refractivity contribution in [3.8, 4) is 5.69 Å². The van der Waals surface area contributed by atoms with Crippen LogP contribution in [0.5, 0.6) is 0 Å². The van der Waals surface area contributed by atoms with Gasteiger partial charge in [0.15, 0.2) is 0 Å². The van der Waals surface area contributed by atoms with Crippen LogP contribution in [0.2, 0.25) is 0 Å². The number of para-hydroxylation sites is 1. The van der Waals surface area contributed by atoms with Crippen LogP contribution in [0.15, 0.2) is 35.5 Å². The zero-order valence-electron chi connectivity index (χ0n) is 11.2. The number of rotatable bonds is 5. The predicted octanol–water partition coefficient (Wildman–Crippen LogP) is 0.645. The third kappa shape index (κ3) is 3.14. The Morgan fingerprint density at radius 2 is 2.15 bits per heavy atom. The SMILES string of the molecule is COC(=O)C(C)(N)CSc1nnnn1-c1ccccc1. The molecule has 2 aromatic rings. The lowest BCUT2D eigenvalue weighted by molar-refractivity contribution is -0.145. The van der Waals surface area contributed by atoms with Gasteiger partial charge in [-0.2, -0.15) is 4.68 Å². The van der Waals surface area contributed by atoms with E-state index in [-0.39, 0.29) is 0 Å². The molecule has 0 saturated carbocycles. The van der Waals surface area contributed by atoms with E-state index in [0.29, 0.717) is 10.9 Å². The molecule has 0 saturated heterocycles. The molecule has 2 N–H and O–H groups in total. The number of aromatic nitrogens is 4. The second-order valence-electron chi connectivity index (χ2n) is 4.41. The number of nitrogens with two attached hydrogens (primary N) is 1. The number of hydrogen-bond donors (Lipinski definition) is 1. The number of esters is 1. The van der Waals surface area contributed by atoms with Gasteiger partial charge in [0.25, 0.3) is 0 Å². The van der Waals surface area contributed by atoms with Crippen molar-refractivity contribution < 1.29 is 9.53 Å². The van der Waals surface area contributed by atoms with Crippen molar-refractivity contribution >= 4 is 17.7 Å². The van der Waals surface area contributed by atoms with Crippen molar-refractivity contribution in [3.05, 3.63) is 30.3 Å². The van der Waals surface area contributed by atoms with Gasteiger partial charge < -0.3 is 10.5 Å². The fourth-order valence-corrected chi connectivity index (χ4v) is 2.41. The zero-order valence-corrected chi connectivity index (χ0v) is 12.0. The molecular weight excluding hydrogens is 278 g/mol. The lowest BCUT2D eigenvalue weighted by Gasteiger charge is -2.20. The summed E-state index contributed by atoms with van der Waals surface area (Å²) < 4.78 is 6.26. The van der Waals surface area contributed by atoms with E-state index in [1.54, 1.807) is 11.6 Å². The van der Waals surface area contributed by atoms with Gasteiger partial charge in [-0.25, -0.2) is 0 Å². The van der Waals surface area contributed by atoms with Gasteiger partial charge >= 0.3 is 5.97 Å². The van der Waals surface area contributed by atoms with E-state index < -0.39 is 11.5 Å². The number of carbonyl (C=O) groups is 1. The standard InChI is InChI=1S/C12H15N5O2S/c1-12(13,10(18)19-2)8-20-11-14-15-16-17(11)9-6-4-3-5-7-9/h3-7H,8,13H2,1-2H3. The van der Waals surface area contributed by atoms with Gasteiger partial charge in [-0.15, -0.1) is 5.10 Å². The largest absolute Gasteiger partial charge is 0.468 e. The second-order valence-corrected chi connectivity index (χ2v) is 5.35. The van der Waals surface area contributed by atoms with Gasteiger partial charge in [-0.3, -0.25) is 4.79 Å². The molecule has 1 atom stereocenters. The highest BCUT2D eigenvalue weighted by Crippen LogP contribution is 2.21. The van der Waals surface area contributed by atoms with Gasteiger partial charge in [0, 0.05) is 5.75 Å². The third-order valence-electron chi connectivity index (χ3n) is 2.59. The van der Waals surface area contributed by atoms with Gasteiger partial charge in [0.05, 0.1) is 12.8 Å². The molecule has 1 heterocycles. The Hall–Kier alpha value is -1.93. The molecule has 7 nitrogen and oxygen atoms in total. The maximum absolute atomic E-state index is 11.5. The first-order valence-corrected chi connectivity index (χ1v) is 6.87. The average molecular weight is 293 g/mol. The van der Waals surface area contributed by atoms with Crippen LogP contribution >= 0.6 is 11.8 Å². The van der Waals surface area contributed by atoms with E-state index >= 15 is 0 Å². The van der Waals surface area contributed by atoms with Crippen molar-refractivity contribution in [2.45, 2.75) is 17.6 Å². The number of carbonyl (C=O) groups excluding carboxylic acids is 1. The quantitative estimate of drug-likeness (QED) is 0.638. The molecule has 106 valence electrons. The van der Waals surface area contributed by atoms with Crippen molar-refractivity contribution in [1.82, 2.24) is 20.2 Å². The van der Waals surface area contributed by atoms with E-state index in [0.717, 1.165) is 5.69 Å². The number of benzene rings is 1. The number of nitrogens with zero attached hydrogens (tertiary/aromatic N) is 4. The summed E-state index contributed by atoms with van der Waals surface area (Å²) in [7, 11) is 1.31. The first-order chi connectivity index (χ1) is 9.54. The molecule has 0 bridgehead atoms.